The molecule has 0 unspecified atom stereocenters. The van der Waals surface area contributed by atoms with E-state index in [1.54, 1.807) is 5.70 Å². The van der Waals surface area contributed by atoms with Crippen molar-refractivity contribution in [1.29, 1.82) is 0 Å². The van der Waals surface area contributed by atoms with Gasteiger partial charge >= 0.3 is 0 Å². The lowest BCUT2D eigenvalue weighted by Crippen LogP contribution is -2.42. The molecule has 0 aromatic heterocycles. The summed E-state index contributed by atoms with van der Waals surface area (Å²) in [5.74, 6) is 0.986. The second-order valence-corrected chi connectivity index (χ2v) is 5.61. The van der Waals surface area contributed by atoms with Gasteiger partial charge in [0.05, 0.1) is 0 Å². The van der Waals surface area contributed by atoms with Crippen molar-refractivity contribution in [3.8, 4) is 0 Å². The Morgan fingerprint density at radius 2 is 2.31 bits per heavy atom. The minimum atomic E-state index is 0.614. The largest absolute Gasteiger partial charge is 0.377 e. The highest BCUT2D eigenvalue weighted by atomic mass is 15.1. The van der Waals surface area contributed by atoms with Gasteiger partial charge in [0.2, 0.25) is 0 Å². The Labute approximate surface area is 80.8 Å². The van der Waals surface area contributed by atoms with Crippen LogP contribution in [0.4, 0.5) is 0 Å². The Bertz CT molecular complexity index is 279. The van der Waals surface area contributed by atoms with Crippen molar-refractivity contribution >= 4 is 0 Å². The molecule has 0 saturated heterocycles. The quantitative estimate of drug-likeness (QED) is 0.550. The Morgan fingerprint density at radius 3 is 3.15 bits per heavy atom. The average molecular weight is 177 g/mol. The van der Waals surface area contributed by atoms with Crippen LogP contribution in [0.2, 0.25) is 0 Å². The van der Waals surface area contributed by atoms with Gasteiger partial charge in [-0.2, -0.15) is 0 Å². The zero-order chi connectivity index (χ0) is 9.05. The van der Waals surface area contributed by atoms with Crippen molar-refractivity contribution in [3.63, 3.8) is 0 Å². The number of fused-ring (bicyclic) bond motifs is 1. The molecule has 2 bridgehead atoms. The molecule has 72 valence electrons. The Kier molecular flexibility index (Phi) is 1.41. The van der Waals surface area contributed by atoms with E-state index >= 15 is 0 Å². The molecule has 1 saturated carbocycles. The number of hydrogen-bond donors (Lipinski definition) is 0. The molecule has 2 aliphatic carbocycles. The molecule has 0 aromatic rings. The van der Waals surface area contributed by atoms with E-state index in [2.05, 4.69) is 18.9 Å². The van der Waals surface area contributed by atoms with E-state index in [-0.39, 0.29) is 0 Å². The van der Waals surface area contributed by atoms with E-state index in [1.165, 1.54) is 38.6 Å². The van der Waals surface area contributed by atoms with Crippen molar-refractivity contribution in [2.24, 2.45) is 11.3 Å². The molecular formula is C12H19N. The van der Waals surface area contributed by atoms with Crippen molar-refractivity contribution in [2.45, 2.75) is 39.0 Å². The maximum Gasteiger partial charge on any atom is 0.0228 e. The Hall–Kier alpha value is -0.460. The SMILES string of the molecule is CN1C[C@@]2(C)CCC[C@@H]3CC1=C3C2. The lowest BCUT2D eigenvalue weighted by Gasteiger charge is -2.48. The zero-order valence-electron chi connectivity index (χ0n) is 8.77. The molecule has 0 radical (unpaired) electrons. The predicted octanol–water partition coefficient (Wildman–Crippen LogP) is 2.79. The van der Waals surface area contributed by atoms with E-state index in [0.717, 1.165) is 5.92 Å². The molecule has 0 amide bonds. The van der Waals surface area contributed by atoms with E-state index in [4.69, 9.17) is 0 Å². The summed E-state index contributed by atoms with van der Waals surface area (Å²) >= 11 is 0. The van der Waals surface area contributed by atoms with Crippen LogP contribution in [0.1, 0.15) is 39.0 Å². The van der Waals surface area contributed by atoms with Crippen molar-refractivity contribution in [2.75, 3.05) is 13.6 Å². The second kappa shape index (κ2) is 2.31. The van der Waals surface area contributed by atoms with Crippen LogP contribution in [0.3, 0.4) is 0 Å². The van der Waals surface area contributed by atoms with Crippen molar-refractivity contribution in [1.82, 2.24) is 4.90 Å². The van der Waals surface area contributed by atoms with Gasteiger partial charge in [0.15, 0.2) is 0 Å². The second-order valence-electron chi connectivity index (χ2n) is 5.61. The highest BCUT2D eigenvalue weighted by Gasteiger charge is 2.43. The van der Waals surface area contributed by atoms with Crippen LogP contribution >= 0.6 is 0 Å². The third-order valence-corrected chi connectivity index (χ3v) is 4.33. The minimum Gasteiger partial charge on any atom is -0.377 e. The molecule has 3 aliphatic rings. The molecule has 1 heterocycles. The summed E-state index contributed by atoms with van der Waals surface area (Å²) in [5.41, 5.74) is 4.14. The van der Waals surface area contributed by atoms with Gasteiger partial charge in [-0.15, -0.1) is 0 Å². The standard InChI is InChI=1S/C12H19N/c1-12-5-3-4-9-6-11(10(9)7-12)13(2)8-12/h9H,3-8H2,1-2H3/t9-,12+/m1/s1. The fourth-order valence-electron chi connectivity index (χ4n) is 3.64. The van der Waals surface area contributed by atoms with Gasteiger partial charge in [-0.1, -0.05) is 13.3 Å². The molecule has 1 fully saturated rings. The molecule has 0 N–H and O–H groups in total. The van der Waals surface area contributed by atoms with E-state index in [1.807, 2.05) is 5.57 Å². The number of likely N-dealkylation sites (tertiary alicyclic amines) is 1. The fraction of sp³-hybridized carbons (Fsp3) is 0.833. The molecule has 13 heavy (non-hydrogen) atoms. The minimum absolute atomic E-state index is 0.614. The number of rotatable bonds is 0. The fourth-order valence-corrected chi connectivity index (χ4v) is 3.64. The monoisotopic (exact) mass is 177 g/mol. The number of hydrogen-bond acceptors (Lipinski definition) is 1. The Morgan fingerprint density at radius 1 is 1.46 bits per heavy atom. The van der Waals surface area contributed by atoms with Gasteiger partial charge in [0.25, 0.3) is 0 Å². The first-order valence-corrected chi connectivity index (χ1v) is 5.61. The smallest absolute Gasteiger partial charge is 0.0228 e. The Balaban J connectivity index is 2.02. The molecule has 0 spiro atoms. The molecule has 1 nitrogen and oxygen atoms in total. The highest BCUT2D eigenvalue weighted by Crippen LogP contribution is 2.53. The number of allylic oxidation sites excluding steroid dienone is 2. The molecule has 1 heteroatoms. The van der Waals surface area contributed by atoms with Gasteiger partial charge < -0.3 is 4.90 Å². The van der Waals surface area contributed by atoms with Gasteiger partial charge in [-0.25, -0.2) is 0 Å². The first-order chi connectivity index (χ1) is 6.18. The third-order valence-electron chi connectivity index (χ3n) is 4.33. The zero-order valence-corrected chi connectivity index (χ0v) is 8.77. The van der Waals surface area contributed by atoms with Crippen LogP contribution in [0.5, 0.6) is 0 Å². The summed E-state index contributed by atoms with van der Waals surface area (Å²) in [6.07, 6.45) is 7.19. The number of nitrogens with zero attached hydrogens (tertiary/aromatic N) is 1. The summed E-state index contributed by atoms with van der Waals surface area (Å²) in [6, 6.07) is 0. The van der Waals surface area contributed by atoms with Crippen LogP contribution in [-0.2, 0) is 0 Å². The predicted molar refractivity (Wildman–Crippen MR) is 54.3 cm³/mol. The van der Waals surface area contributed by atoms with Crippen LogP contribution < -0.4 is 0 Å². The van der Waals surface area contributed by atoms with E-state index in [0.29, 0.717) is 5.41 Å². The molecule has 0 aromatic carbocycles. The van der Waals surface area contributed by atoms with Crippen LogP contribution in [0.15, 0.2) is 11.3 Å². The van der Waals surface area contributed by atoms with Gasteiger partial charge in [0.1, 0.15) is 0 Å². The van der Waals surface area contributed by atoms with E-state index in [9.17, 15) is 0 Å². The first-order valence-electron chi connectivity index (χ1n) is 5.61. The maximum atomic E-state index is 2.53. The van der Waals surface area contributed by atoms with Crippen LogP contribution in [-0.4, -0.2) is 18.5 Å². The summed E-state index contributed by atoms with van der Waals surface area (Å²) in [7, 11) is 2.29. The van der Waals surface area contributed by atoms with Gasteiger partial charge in [-0.3, -0.25) is 0 Å². The van der Waals surface area contributed by atoms with Crippen molar-refractivity contribution < 1.29 is 0 Å². The normalized spacial score (nSPS) is 42.9. The van der Waals surface area contributed by atoms with Gasteiger partial charge in [0, 0.05) is 19.3 Å². The van der Waals surface area contributed by atoms with Gasteiger partial charge in [-0.05, 0) is 42.6 Å². The summed E-state index contributed by atoms with van der Waals surface area (Å²) < 4.78 is 0. The molecule has 3 rings (SSSR count). The average Bonchev–Trinajstić information content (AvgIpc) is 2.12. The molecule has 1 aliphatic heterocycles. The molecule has 2 atom stereocenters. The topological polar surface area (TPSA) is 3.24 Å². The third kappa shape index (κ3) is 0.992. The molecular weight excluding hydrogens is 158 g/mol. The highest BCUT2D eigenvalue weighted by molar-refractivity contribution is 5.32. The van der Waals surface area contributed by atoms with Crippen LogP contribution in [0.25, 0.3) is 0 Å². The summed E-state index contributed by atoms with van der Waals surface area (Å²) in [4.78, 5) is 2.53. The lowest BCUT2D eigenvalue weighted by molar-refractivity contribution is 0.163. The summed E-state index contributed by atoms with van der Waals surface area (Å²) in [6.45, 7) is 3.78. The van der Waals surface area contributed by atoms with Crippen LogP contribution in [0, 0.1) is 11.3 Å². The maximum absolute atomic E-state index is 2.53. The first kappa shape index (κ1) is 7.90. The lowest BCUT2D eigenvalue weighted by atomic mass is 9.70. The summed E-state index contributed by atoms with van der Waals surface area (Å²) in [5, 5.41) is 0. The van der Waals surface area contributed by atoms with Crippen molar-refractivity contribution in [3.05, 3.63) is 11.3 Å². The van der Waals surface area contributed by atoms with E-state index < -0.39 is 0 Å².